The molecule has 0 unspecified atom stereocenters. The molecule has 1 aliphatic rings. The van der Waals surface area contributed by atoms with Crippen LogP contribution in [0.15, 0.2) is 53.7 Å². The second-order valence-corrected chi connectivity index (χ2v) is 7.00. The van der Waals surface area contributed by atoms with Crippen molar-refractivity contribution in [2.75, 3.05) is 13.1 Å². The topological polar surface area (TPSA) is 53.9 Å². The van der Waals surface area contributed by atoms with Gasteiger partial charge in [-0.05, 0) is 31.0 Å². The molecular weight excluding hydrogens is 362 g/mol. The van der Waals surface area contributed by atoms with E-state index in [0.717, 1.165) is 22.4 Å². The number of rotatable bonds is 6. The van der Waals surface area contributed by atoms with Crippen LogP contribution in [-0.2, 0) is 11.4 Å². The summed E-state index contributed by atoms with van der Waals surface area (Å²) >= 11 is 6.28. The van der Waals surface area contributed by atoms with Gasteiger partial charge < -0.3 is 15.1 Å². The molecule has 2 aromatic rings. The Morgan fingerprint density at radius 1 is 1.26 bits per heavy atom. The Morgan fingerprint density at radius 3 is 2.74 bits per heavy atom. The Hall–Kier alpha value is -2.53. The number of nitrogens with zero attached hydrogens (tertiary/aromatic N) is 2. The van der Waals surface area contributed by atoms with E-state index < -0.39 is 0 Å². The molecule has 0 radical (unpaired) electrons. The zero-order valence-electron chi connectivity index (χ0n) is 15.6. The fourth-order valence-corrected chi connectivity index (χ4v) is 3.34. The third kappa shape index (κ3) is 4.80. The molecular formula is C21H24ClN3O2. The largest absolute Gasteiger partial charge is 0.390 e. The van der Waals surface area contributed by atoms with Crippen molar-refractivity contribution in [3.05, 3.63) is 70.2 Å². The Balaban J connectivity index is 1.69. The average Bonchev–Trinajstić information content (AvgIpc) is 3.12. The third-order valence-electron chi connectivity index (χ3n) is 4.55. The monoisotopic (exact) mass is 385 g/mol. The van der Waals surface area contributed by atoms with E-state index in [-0.39, 0.29) is 12.1 Å². The Morgan fingerprint density at radius 2 is 2.00 bits per heavy atom. The van der Waals surface area contributed by atoms with Gasteiger partial charge in [-0.3, -0.25) is 0 Å². The number of aryl methyl sites for hydroxylation is 1. The molecule has 0 bridgehead atoms. The lowest BCUT2D eigenvalue weighted by molar-refractivity contribution is 0.0590. The van der Waals surface area contributed by atoms with Gasteiger partial charge in [0.05, 0.1) is 12.3 Å². The predicted octanol–water partition coefficient (Wildman–Crippen LogP) is 4.37. The maximum atomic E-state index is 12.5. The number of oxime groups is 1. The highest BCUT2D eigenvalue weighted by Crippen LogP contribution is 2.22. The Labute approximate surface area is 165 Å². The molecule has 0 aromatic heterocycles. The van der Waals surface area contributed by atoms with E-state index in [4.69, 9.17) is 16.4 Å². The third-order valence-corrected chi connectivity index (χ3v) is 4.92. The number of amides is 2. The van der Waals surface area contributed by atoms with Crippen LogP contribution >= 0.6 is 11.6 Å². The molecule has 1 N–H and O–H groups in total. The first-order valence-electron chi connectivity index (χ1n) is 9.13. The van der Waals surface area contributed by atoms with Gasteiger partial charge in [0, 0.05) is 30.1 Å². The van der Waals surface area contributed by atoms with Crippen molar-refractivity contribution >= 4 is 23.3 Å². The smallest absolute Gasteiger partial charge is 0.317 e. The van der Waals surface area contributed by atoms with E-state index >= 15 is 0 Å². The first-order valence-corrected chi connectivity index (χ1v) is 9.51. The van der Waals surface area contributed by atoms with Crippen LogP contribution in [0.2, 0.25) is 5.02 Å². The lowest BCUT2D eigenvalue weighted by atomic mass is 10.0. The summed E-state index contributed by atoms with van der Waals surface area (Å²) < 4.78 is 0. The van der Waals surface area contributed by atoms with E-state index in [2.05, 4.69) is 23.5 Å². The van der Waals surface area contributed by atoms with Gasteiger partial charge in [0.2, 0.25) is 0 Å². The Bertz CT molecular complexity index is 838. The average molecular weight is 386 g/mol. The number of benzene rings is 2. The van der Waals surface area contributed by atoms with Crippen LogP contribution in [0, 0.1) is 6.92 Å². The maximum absolute atomic E-state index is 12.5. The second kappa shape index (κ2) is 8.91. The fourth-order valence-electron chi connectivity index (χ4n) is 3.14. The van der Waals surface area contributed by atoms with Gasteiger partial charge >= 0.3 is 6.03 Å². The zero-order chi connectivity index (χ0) is 19.2. The van der Waals surface area contributed by atoms with Crippen LogP contribution in [0.1, 0.15) is 30.0 Å². The quantitative estimate of drug-likeness (QED) is 0.802. The van der Waals surface area contributed by atoms with Crippen molar-refractivity contribution in [3.63, 3.8) is 0 Å². The first-order chi connectivity index (χ1) is 13.1. The molecule has 1 heterocycles. The van der Waals surface area contributed by atoms with Crippen molar-refractivity contribution in [1.29, 1.82) is 0 Å². The maximum Gasteiger partial charge on any atom is 0.317 e. The summed E-state index contributed by atoms with van der Waals surface area (Å²) in [6.45, 7) is 5.38. The molecule has 0 fully saturated rings. The minimum atomic E-state index is -0.176. The minimum Gasteiger partial charge on any atom is -0.390 e. The molecule has 0 saturated heterocycles. The van der Waals surface area contributed by atoms with Gasteiger partial charge in [0.25, 0.3) is 0 Å². The molecule has 6 heteroatoms. The van der Waals surface area contributed by atoms with Crippen molar-refractivity contribution in [1.82, 2.24) is 10.2 Å². The van der Waals surface area contributed by atoms with Crippen LogP contribution < -0.4 is 5.32 Å². The summed E-state index contributed by atoms with van der Waals surface area (Å²) in [4.78, 5) is 19.9. The van der Waals surface area contributed by atoms with E-state index in [1.54, 1.807) is 4.90 Å². The summed E-state index contributed by atoms with van der Waals surface area (Å²) in [5.74, 6) is 0. The van der Waals surface area contributed by atoms with E-state index in [1.807, 2.05) is 49.4 Å². The van der Waals surface area contributed by atoms with Crippen LogP contribution in [0.25, 0.3) is 0 Å². The van der Waals surface area contributed by atoms with Crippen molar-refractivity contribution in [2.24, 2.45) is 5.16 Å². The number of hydrogen-bond donors (Lipinski definition) is 1. The van der Waals surface area contributed by atoms with Crippen LogP contribution in [0.5, 0.6) is 0 Å². The molecule has 0 spiro atoms. The number of nitrogens with one attached hydrogen (secondary N) is 1. The van der Waals surface area contributed by atoms with Crippen LogP contribution in [-0.4, -0.2) is 35.8 Å². The molecule has 27 heavy (non-hydrogen) atoms. The molecule has 2 amide bonds. The van der Waals surface area contributed by atoms with Gasteiger partial charge in [-0.1, -0.05) is 59.2 Å². The lowest BCUT2D eigenvalue weighted by Gasteiger charge is -2.25. The normalized spacial score (nSPS) is 15.8. The van der Waals surface area contributed by atoms with Gasteiger partial charge in [-0.2, -0.15) is 0 Å². The van der Waals surface area contributed by atoms with Crippen molar-refractivity contribution in [3.8, 4) is 0 Å². The highest BCUT2D eigenvalue weighted by molar-refractivity contribution is 6.31. The SMILES string of the molecule is CCNC(=O)N(Cc1ccccc1Cl)C[C@H]1CC(c2ccccc2C)=NO1. The molecule has 5 nitrogen and oxygen atoms in total. The highest BCUT2D eigenvalue weighted by atomic mass is 35.5. The summed E-state index contributed by atoms with van der Waals surface area (Å²) in [5.41, 5.74) is 4.09. The number of carbonyl (C=O) groups is 1. The number of urea groups is 1. The second-order valence-electron chi connectivity index (χ2n) is 6.59. The van der Waals surface area contributed by atoms with E-state index in [0.29, 0.717) is 31.1 Å². The molecule has 0 aliphatic carbocycles. The van der Waals surface area contributed by atoms with Gasteiger partial charge in [0.15, 0.2) is 6.10 Å². The summed E-state index contributed by atoms with van der Waals surface area (Å²) in [6.07, 6.45) is 0.494. The first kappa shape index (κ1) is 19.2. The Kier molecular flexibility index (Phi) is 6.35. The van der Waals surface area contributed by atoms with Crippen LogP contribution in [0.4, 0.5) is 4.79 Å². The van der Waals surface area contributed by atoms with E-state index in [1.165, 1.54) is 0 Å². The minimum absolute atomic E-state index is 0.134. The van der Waals surface area contributed by atoms with E-state index in [9.17, 15) is 4.79 Å². The number of halogens is 1. The molecule has 142 valence electrons. The zero-order valence-corrected chi connectivity index (χ0v) is 16.4. The van der Waals surface area contributed by atoms with Gasteiger partial charge in [0.1, 0.15) is 0 Å². The van der Waals surface area contributed by atoms with Gasteiger partial charge in [-0.25, -0.2) is 4.79 Å². The molecule has 1 aliphatic heterocycles. The summed E-state index contributed by atoms with van der Waals surface area (Å²) in [7, 11) is 0. The van der Waals surface area contributed by atoms with Crippen LogP contribution in [0.3, 0.4) is 0 Å². The highest BCUT2D eigenvalue weighted by Gasteiger charge is 2.27. The van der Waals surface area contributed by atoms with Gasteiger partial charge in [-0.15, -0.1) is 0 Å². The molecule has 2 aromatic carbocycles. The summed E-state index contributed by atoms with van der Waals surface area (Å²) in [5, 5.41) is 7.77. The number of carbonyl (C=O) groups excluding carboxylic acids is 1. The number of hydrogen-bond acceptors (Lipinski definition) is 3. The molecule has 3 rings (SSSR count). The molecule has 0 saturated carbocycles. The van der Waals surface area contributed by atoms with Crippen molar-refractivity contribution < 1.29 is 9.63 Å². The lowest BCUT2D eigenvalue weighted by Crippen LogP contribution is -2.43. The predicted molar refractivity (Wildman–Crippen MR) is 108 cm³/mol. The van der Waals surface area contributed by atoms with Crippen molar-refractivity contribution in [2.45, 2.75) is 32.9 Å². The summed E-state index contributed by atoms with van der Waals surface area (Å²) in [6, 6.07) is 15.5. The fraction of sp³-hybridized carbons (Fsp3) is 0.333. The standard InChI is InChI=1S/C21H24ClN3O2/c1-3-23-21(26)25(13-16-9-5-7-11-19(16)22)14-17-12-20(24-27-17)18-10-6-4-8-15(18)2/h4-11,17H,3,12-14H2,1-2H3,(H,23,26)/t17-/m1/s1. The molecule has 1 atom stereocenters.